The van der Waals surface area contributed by atoms with Crippen LogP contribution in [0.15, 0.2) is 95.9 Å². The van der Waals surface area contributed by atoms with Crippen LogP contribution in [0.3, 0.4) is 0 Å². The lowest BCUT2D eigenvalue weighted by atomic mass is 10.1. The quantitative estimate of drug-likeness (QED) is 0.508. The first kappa shape index (κ1) is 17.8. The summed E-state index contributed by atoms with van der Waals surface area (Å²) in [7, 11) is -3.79. The molecule has 0 unspecified atom stereocenters. The Balaban J connectivity index is 1.80. The second-order valence-electron chi connectivity index (χ2n) is 6.22. The van der Waals surface area contributed by atoms with Gasteiger partial charge in [-0.25, -0.2) is 0 Å². The highest BCUT2D eigenvalue weighted by atomic mass is 32.2. The molecule has 0 fully saturated rings. The third kappa shape index (κ3) is 3.60. The van der Waals surface area contributed by atoms with E-state index in [4.69, 9.17) is 5.73 Å². The molecular formula is C21H18N4O2S. The van der Waals surface area contributed by atoms with Gasteiger partial charge in [-0.05, 0) is 30.3 Å². The lowest BCUT2D eigenvalue weighted by molar-refractivity contribution is 0.592. The molecule has 0 amide bonds. The summed E-state index contributed by atoms with van der Waals surface area (Å²) >= 11 is 0. The van der Waals surface area contributed by atoms with Crippen molar-refractivity contribution in [1.29, 1.82) is 0 Å². The molecule has 4 rings (SSSR count). The second kappa shape index (κ2) is 7.21. The van der Waals surface area contributed by atoms with E-state index >= 15 is 0 Å². The SMILES string of the molecule is Nc1ccc(-c2cc(-c3ccccc3)n(NS(=O)(=O)c3ccccc3)n2)cc1. The minimum absolute atomic E-state index is 0.165. The molecule has 0 radical (unpaired) electrons. The van der Waals surface area contributed by atoms with Gasteiger partial charge in [0.05, 0.1) is 16.3 Å². The number of sulfonamides is 1. The van der Waals surface area contributed by atoms with E-state index in [1.165, 1.54) is 16.9 Å². The fourth-order valence-corrected chi connectivity index (χ4v) is 3.81. The van der Waals surface area contributed by atoms with Gasteiger partial charge in [0.15, 0.2) is 0 Å². The lowest BCUT2D eigenvalue weighted by Gasteiger charge is -2.11. The Morgan fingerprint density at radius 2 is 1.39 bits per heavy atom. The number of nitrogens with two attached hydrogens (primary N) is 1. The number of rotatable bonds is 5. The van der Waals surface area contributed by atoms with Gasteiger partial charge in [-0.15, -0.1) is 0 Å². The minimum atomic E-state index is -3.79. The molecule has 0 aliphatic carbocycles. The van der Waals surface area contributed by atoms with Crippen LogP contribution in [0.25, 0.3) is 22.5 Å². The molecule has 0 aliphatic rings. The molecule has 3 N–H and O–H groups in total. The topological polar surface area (TPSA) is 90.0 Å². The van der Waals surface area contributed by atoms with E-state index in [0.29, 0.717) is 17.1 Å². The van der Waals surface area contributed by atoms with Crippen molar-refractivity contribution < 1.29 is 8.42 Å². The third-order valence-electron chi connectivity index (χ3n) is 4.25. The lowest BCUT2D eigenvalue weighted by Crippen LogP contribution is -2.25. The van der Waals surface area contributed by atoms with Crippen LogP contribution in [0.5, 0.6) is 0 Å². The zero-order valence-electron chi connectivity index (χ0n) is 14.9. The molecule has 6 nitrogen and oxygen atoms in total. The number of hydrogen-bond acceptors (Lipinski definition) is 4. The number of nitrogen functional groups attached to an aromatic ring is 1. The number of hydrogen-bond donors (Lipinski definition) is 2. The summed E-state index contributed by atoms with van der Waals surface area (Å²) < 4.78 is 25.6. The van der Waals surface area contributed by atoms with Crippen molar-refractivity contribution in [3.8, 4) is 22.5 Å². The Labute approximate surface area is 163 Å². The second-order valence-corrected chi connectivity index (χ2v) is 7.88. The predicted molar refractivity (Wildman–Crippen MR) is 110 cm³/mol. The highest BCUT2D eigenvalue weighted by Gasteiger charge is 2.18. The molecule has 0 aliphatic heterocycles. The Bertz CT molecular complexity index is 1190. The highest BCUT2D eigenvalue weighted by molar-refractivity contribution is 7.92. The molecule has 3 aromatic carbocycles. The number of benzene rings is 3. The van der Waals surface area contributed by atoms with Crippen LogP contribution in [-0.4, -0.2) is 18.3 Å². The van der Waals surface area contributed by atoms with Gasteiger partial charge in [0.25, 0.3) is 10.0 Å². The Morgan fingerprint density at radius 1 is 0.786 bits per heavy atom. The van der Waals surface area contributed by atoms with E-state index in [2.05, 4.69) is 9.93 Å². The van der Waals surface area contributed by atoms with E-state index < -0.39 is 10.0 Å². The van der Waals surface area contributed by atoms with Gasteiger partial charge in [-0.3, -0.25) is 0 Å². The molecule has 0 atom stereocenters. The molecule has 0 bridgehead atoms. The molecule has 7 heteroatoms. The van der Waals surface area contributed by atoms with E-state index in [1.54, 1.807) is 30.3 Å². The van der Waals surface area contributed by atoms with Gasteiger partial charge in [-0.1, -0.05) is 60.7 Å². The normalized spacial score (nSPS) is 11.3. The first-order valence-corrected chi connectivity index (χ1v) is 10.1. The molecule has 1 heterocycles. The number of nitrogens with zero attached hydrogens (tertiary/aromatic N) is 2. The maximum absolute atomic E-state index is 12.8. The molecule has 140 valence electrons. The van der Waals surface area contributed by atoms with Crippen molar-refractivity contribution in [3.05, 3.63) is 91.0 Å². The summed E-state index contributed by atoms with van der Waals surface area (Å²) in [5, 5.41) is 4.48. The van der Waals surface area contributed by atoms with Crippen molar-refractivity contribution in [1.82, 2.24) is 9.89 Å². The first-order chi connectivity index (χ1) is 13.5. The van der Waals surface area contributed by atoms with E-state index in [9.17, 15) is 8.42 Å². The van der Waals surface area contributed by atoms with Crippen LogP contribution in [0, 0.1) is 0 Å². The molecule has 0 saturated carbocycles. The van der Waals surface area contributed by atoms with E-state index in [1.807, 2.05) is 48.5 Å². The van der Waals surface area contributed by atoms with Crippen molar-refractivity contribution in [2.24, 2.45) is 0 Å². The molecule has 0 spiro atoms. The molecule has 0 saturated heterocycles. The molecule has 4 aromatic rings. The standard InChI is InChI=1S/C21H18N4O2S/c22-18-13-11-16(12-14-18)20-15-21(17-7-3-1-4-8-17)25(23-20)24-28(26,27)19-9-5-2-6-10-19/h1-15,24H,22H2. The number of aromatic nitrogens is 2. The van der Waals surface area contributed by atoms with E-state index in [0.717, 1.165) is 11.1 Å². The van der Waals surface area contributed by atoms with E-state index in [-0.39, 0.29) is 4.90 Å². The summed E-state index contributed by atoms with van der Waals surface area (Å²) in [6, 6.07) is 26.8. The van der Waals surface area contributed by atoms with Crippen molar-refractivity contribution >= 4 is 15.7 Å². The molecular weight excluding hydrogens is 372 g/mol. The largest absolute Gasteiger partial charge is 0.399 e. The summed E-state index contributed by atoms with van der Waals surface area (Å²) in [6.45, 7) is 0. The molecule has 1 aromatic heterocycles. The minimum Gasteiger partial charge on any atom is -0.399 e. The van der Waals surface area contributed by atoms with Crippen LogP contribution in [0.1, 0.15) is 0 Å². The van der Waals surface area contributed by atoms with Gasteiger partial charge in [0.2, 0.25) is 0 Å². The highest BCUT2D eigenvalue weighted by Crippen LogP contribution is 2.26. The fraction of sp³-hybridized carbons (Fsp3) is 0. The maximum atomic E-state index is 12.8. The van der Waals surface area contributed by atoms with Gasteiger partial charge >= 0.3 is 0 Å². The average Bonchev–Trinajstić information content (AvgIpc) is 3.13. The zero-order valence-corrected chi connectivity index (χ0v) is 15.7. The van der Waals surface area contributed by atoms with Crippen LogP contribution in [0.2, 0.25) is 0 Å². The van der Waals surface area contributed by atoms with Crippen LogP contribution < -0.4 is 10.6 Å². The maximum Gasteiger partial charge on any atom is 0.276 e. The van der Waals surface area contributed by atoms with Crippen LogP contribution in [-0.2, 0) is 10.0 Å². The average molecular weight is 390 g/mol. The Morgan fingerprint density at radius 3 is 2.04 bits per heavy atom. The summed E-state index contributed by atoms with van der Waals surface area (Å²) in [6.07, 6.45) is 0. The Kier molecular flexibility index (Phi) is 4.58. The van der Waals surface area contributed by atoms with Gasteiger partial charge in [-0.2, -0.15) is 23.1 Å². The molecule has 28 heavy (non-hydrogen) atoms. The Hall–Kier alpha value is -3.58. The number of anilines is 1. The van der Waals surface area contributed by atoms with Crippen LogP contribution >= 0.6 is 0 Å². The summed E-state index contributed by atoms with van der Waals surface area (Å²) in [4.78, 5) is 4.02. The van der Waals surface area contributed by atoms with Crippen molar-refractivity contribution in [3.63, 3.8) is 0 Å². The summed E-state index contributed by atoms with van der Waals surface area (Å²) in [5.74, 6) is 0. The fourth-order valence-electron chi connectivity index (χ4n) is 2.83. The third-order valence-corrected chi connectivity index (χ3v) is 5.55. The summed E-state index contributed by atoms with van der Waals surface area (Å²) in [5.41, 5.74) is 9.35. The van der Waals surface area contributed by atoms with Gasteiger partial charge in [0, 0.05) is 16.8 Å². The number of nitrogens with one attached hydrogen (secondary N) is 1. The smallest absolute Gasteiger partial charge is 0.276 e. The van der Waals surface area contributed by atoms with Crippen molar-refractivity contribution in [2.75, 3.05) is 10.6 Å². The van der Waals surface area contributed by atoms with Gasteiger partial charge < -0.3 is 5.73 Å². The van der Waals surface area contributed by atoms with Gasteiger partial charge in [0.1, 0.15) is 0 Å². The first-order valence-electron chi connectivity index (χ1n) is 8.62. The van der Waals surface area contributed by atoms with Crippen molar-refractivity contribution in [2.45, 2.75) is 4.90 Å². The zero-order chi connectivity index (χ0) is 19.6. The monoisotopic (exact) mass is 390 g/mol. The predicted octanol–water partition coefficient (Wildman–Crippen LogP) is 3.73. The van der Waals surface area contributed by atoms with Crippen LogP contribution in [0.4, 0.5) is 5.69 Å².